The maximum Gasteiger partial charge on any atom is 0.329 e. The molecule has 0 unspecified atom stereocenters. The third-order valence-corrected chi connectivity index (χ3v) is 7.49. The molecular weight excluding hydrogens is 442 g/mol. The molecule has 168 valence electrons. The van der Waals surface area contributed by atoms with Crippen molar-refractivity contribution >= 4 is 40.5 Å². The molecule has 0 N–H and O–H groups in total. The Morgan fingerprint density at radius 2 is 1.78 bits per heavy atom. The molecule has 0 spiro atoms. The molecule has 0 radical (unpaired) electrons. The maximum atomic E-state index is 13.2. The fourth-order valence-corrected chi connectivity index (χ4v) is 5.55. The monoisotopic (exact) mass is 469 g/mol. The first-order chi connectivity index (χ1) is 15.5. The molecule has 7 heteroatoms. The number of likely N-dealkylation sites (tertiary alicyclic amines) is 1. The highest BCUT2D eigenvalue weighted by Crippen LogP contribution is 2.34. The molecule has 1 fully saturated rings. The van der Waals surface area contributed by atoms with Crippen LogP contribution in [0.3, 0.4) is 0 Å². The van der Waals surface area contributed by atoms with E-state index in [1.807, 2.05) is 48.5 Å². The van der Waals surface area contributed by atoms with Crippen LogP contribution in [0, 0.1) is 5.92 Å². The van der Waals surface area contributed by atoms with E-state index in [4.69, 9.17) is 4.74 Å². The minimum absolute atomic E-state index is 0.0638. The number of amides is 1. The predicted molar refractivity (Wildman–Crippen MR) is 130 cm³/mol. The zero-order chi connectivity index (χ0) is 22.9. The predicted octanol–water partition coefficient (Wildman–Crippen LogP) is 4.69. The van der Waals surface area contributed by atoms with Crippen molar-refractivity contribution in [3.05, 3.63) is 78.9 Å². The lowest BCUT2D eigenvalue weighted by molar-refractivity contribution is -0.153. The third kappa shape index (κ3) is 6.50. The first kappa shape index (κ1) is 24.1. The Kier molecular flexibility index (Phi) is 9.00. The first-order valence-electron chi connectivity index (χ1n) is 10.5. The number of carbonyl (C=O) groups excluding carboxylic acids is 3. The average Bonchev–Trinajstić information content (AvgIpc) is 3.25. The number of ether oxygens (including phenoxy) is 1. The average molecular weight is 470 g/mol. The summed E-state index contributed by atoms with van der Waals surface area (Å²) in [5.74, 6) is -0.582. The second kappa shape index (κ2) is 11.9. The summed E-state index contributed by atoms with van der Waals surface area (Å²) in [4.78, 5) is 41.0. The van der Waals surface area contributed by atoms with Crippen LogP contribution in [0.15, 0.2) is 78.2 Å². The number of esters is 1. The Hall–Kier alpha value is -2.51. The Morgan fingerprint density at radius 1 is 1.12 bits per heavy atom. The molecule has 1 saturated heterocycles. The van der Waals surface area contributed by atoms with Gasteiger partial charge in [0, 0.05) is 33.9 Å². The summed E-state index contributed by atoms with van der Waals surface area (Å²) >= 11 is 2.79. The lowest BCUT2D eigenvalue weighted by atomic mass is 10.1. The topological polar surface area (TPSA) is 63.7 Å². The van der Waals surface area contributed by atoms with E-state index in [2.05, 4.69) is 6.58 Å². The highest BCUT2D eigenvalue weighted by Gasteiger charge is 2.42. The maximum absolute atomic E-state index is 13.2. The largest absolute Gasteiger partial charge is 0.460 e. The zero-order valence-corrected chi connectivity index (χ0v) is 19.6. The van der Waals surface area contributed by atoms with Gasteiger partial charge in [-0.15, -0.1) is 11.8 Å². The van der Waals surface area contributed by atoms with Crippen molar-refractivity contribution in [3.8, 4) is 0 Å². The van der Waals surface area contributed by atoms with Gasteiger partial charge in [0.15, 0.2) is 0 Å². The van der Waals surface area contributed by atoms with Crippen LogP contribution >= 0.6 is 23.5 Å². The number of thioether (sulfide) groups is 2. The molecule has 5 nitrogen and oxygen atoms in total. The van der Waals surface area contributed by atoms with E-state index in [1.165, 1.54) is 6.08 Å². The van der Waals surface area contributed by atoms with Crippen molar-refractivity contribution in [1.82, 2.24) is 4.90 Å². The summed E-state index contributed by atoms with van der Waals surface area (Å²) in [6.45, 7) is 5.97. The molecule has 1 aliphatic rings. The number of hydrogen-bond acceptors (Lipinski definition) is 6. The van der Waals surface area contributed by atoms with Crippen molar-refractivity contribution in [2.45, 2.75) is 29.5 Å². The van der Waals surface area contributed by atoms with Gasteiger partial charge in [0.1, 0.15) is 12.6 Å². The SMILES string of the molecule is C=CCOC(=O)[C@@H]1C[C@H](Sc2ccccc2)CN1C(=O)[C@H](C)CSC(=O)c1ccccc1. The minimum Gasteiger partial charge on any atom is -0.460 e. The fourth-order valence-electron chi connectivity index (χ4n) is 3.49. The first-order valence-corrected chi connectivity index (χ1v) is 12.4. The van der Waals surface area contributed by atoms with Crippen LogP contribution < -0.4 is 0 Å². The van der Waals surface area contributed by atoms with Crippen LogP contribution in [0.4, 0.5) is 0 Å². The number of hydrogen-bond donors (Lipinski definition) is 0. The smallest absolute Gasteiger partial charge is 0.329 e. The summed E-state index contributed by atoms with van der Waals surface area (Å²) in [5, 5.41) is 0.0274. The van der Waals surface area contributed by atoms with E-state index >= 15 is 0 Å². The zero-order valence-electron chi connectivity index (χ0n) is 18.0. The van der Waals surface area contributed by atoms with Crippen LogP contribution in [0.5, 0.6) is 0 Å². The normalized spacial score (nSPS) is 18.7. The molecule has 0 aliphatic carbocycles. The van der Waals surface area contributed by atoms with Crippen LogP contribution in [0.25, 0.3) is 0 Å². The van der Waals surface area contributed by atoms with Gasteiger partial charge in [0.05, 0.1) is 0 Å². The van der Waals surface area contributed by atoms with Gasteiger partial charge in [-0.2, -0.15) is 0 Å². The number of benzene rings is 2. The van der Waals surface area contributed by atoms with Crippen molar-refractivity contribution in [2.75, 3.05) is 18.9 Å². The van der Waals surface area contributed by atoms with Gasteiger partial charge >= 0.3 is 5.97 Å². The molecular formula is C25H27NO4S2. The van der Waals surface area contributed by atoms with Gasteiger partial charge < -0.3 is 9.64 Å². The molecule has 0 aromatic heterocycles. The van der Waals surface area contributed by atoms with Gasteiger partial charge in [-0.3, -0.25) is 9.59 Å². The third-order valence-electron chi connectivity index (χ3n) is 5.10. The molecule has 1 heterocycles. The molecule has 3 atom stereocenters. The van der Waals surface area contributed by atoms with E-state index in [0.717, 1.165) is 16.7 Å². The van der Waals surface area contributed by atoms with Gasteiger partial charge in [0.25, 0.3) is 0 Å². The number of rotatable bonds is 9. The molecule has 32 heavy (non-hydrogen) atoms. The van der Waals surface area contributed by atoms with Crippen molar-refractivity contribution in [2.24, 2.45) is 5.92 Å². The lowest BCUT2D eigenvalue weighted by Crippen LogP contribution is -2.44. The molecule has 2 aromatic rings. The summed E-state index contributed by atoms with van der Waals surface area (Å²) in [7, 11) is 0. The van der Waals surface area contributed by atoms with E-state index in [9.17, 15) is 14.4 Å². The lowest BCUT2D eigenvalue weighted by Gasteiger charge is -2.26. The number of nitrogens with zero attached hydrogens (tertiary/aromatic N) is 1. The van der Waals surface area contributed by atoms with E-state index in [1.54, 1.807) is 35.7 Å². The molecule has 1 amide bonds. The van der Waals surface area contributed by atoms with Crippen LogP contribution in [-0.4, -0.2) is 52.1 Å². The fraction of sp³-hybridized carbons (Fsp3) is 0.320. The quantitative estimate of drug-likeness (QED) is 0.392. The van der Waals surface area contributed by atoms with Gasteiger partial charge in [-0.05, 0) is 18.6 Å². The van der Waals surface area contributed by atoms with E-state index in [0.29, 0.717) is 24.3 Å². The van der Waals surface area contributed by atoms with Crippen LogP contribution in [-0.2, 0) is 14.3 Å². The molecule has 0 saturated carbocycles. The van der Waals surface area contributed by atoms with Crippen molar-refractivity contribution in [3.63, 3.8) is 0 Å². The minimum atomic E-state index is -0.624. The molecule has 0 bridgehead atoms. The highest BCUT2D eigenvalue weighted by atomic mass is 32.2. The summed E-state index contributed by atoms with van der Waals surface area (Å²) in [6.07, 6.45) is 2.05. The van der Waals surface area contributed by atoms with Gasteiger partial charge in [-0.1, -0.05) is 79.9 Å². The van der Waals surface area contributed by atoms with Crippen molar-refractivity contribution < 1.29 is 19.1 Å². The molecule has 1 aliphatic heterocycles. The summed E-state index contributed by atoms with van der Waals surface area (Å²) in [5.41, 5.74) is 0.614. The van der Waals surface area contributed by atoms with Gasteiger partial charge in [-0.25, -0.2) is 4.79 Å². The Balaban J connectivity index is 1.65. The van der Waals surface area contributed by atoms with E-state index < -0.39 is 17.9 Å². The second-order valence-corrected chi connectivity index (χ2v) is 9.95. The summed E-state index contributed by atoms with van der Waals surface area (Å²) < 4.78 is 5.27. The van der Waals surface area contributed by atoms with E-state index in [-0.39, 0.29) is 22.9 Å². The Morgan fingerprint density at radius 3 is 2.44 bits per heavy atom. The number of carbonyl (C=O) groups is 3. The van der Waals surface area contributed by atoms with Crippen molar-refractivity contribution in [1.29, 1.82) is 0 Å². The highest BCUT2D eigenvalue weighted by molar-refractivity contribution is 8.14. The second-order valence-electron chi connectivity index (χ2n) is 7.58. The standard InChI is InChI=1S/C25H27NO4S2/c1-3-14-30-24(28)22-15-21(32-20-12-8-5-9-13-20)16-26(22)23(27)18(2)17-31-25(29)19-10-6-4-7-11-19/h3-13,18,21-22H,1,14-17H2,2H3/t18-,21+,22+/m1/s1. The Labute approximate surface area is 197 Å². The van der Waals surface area contributed by atoms with Crippen LogP contribution in [0.1, 0.15) is 23.7 Å². The summed E-state index contributed by atoms with van der Waals surface area (Å²) in [6, 6.07) is 18.3. The molecule has 3 rings (SSSR count). The molecule has 2 aromatic carbocycles. The Bertz CT molecular complexity index is 935. The van der Waals surface area contributed by atoms with Crippen LogP contribution in [0.2, 0.25) is 0 Å². The van der Waals surface area contributed by atoms with Gasteiger partial charge in [0.2, 0.25) is 11.0 Å².